The fourth-order valence-corrected chi connectivity index (χ4v) is 3.70. The highest BCUT2D eigenvalue weighted by atomic mass is 16.2. The van der Waals surface area contributed by atoms with Crippen molar-refractivity contribution in [3.63, 3.8) is 0 Å². The number of H-pyrrole nitrogens is 1. The van der Waals surface area contributed by atoms with Gasteiger partial charge in [-0.15, -0.1) is 0 Å². The van der Waals surface area contributed by atoms with Crippen LogP contribution in [-0.2, 0) is 11.8 Å². The fraction of sp³-hybridized carbons (Fsp3) is 0.286. The Morgan fingerprint density at radius 1 is 0.964 bits per heavy atom. The molecule has 1 aliphatic rings. The lowest BCUT2D eigenvalue weighted by Gasteiger charge is -2.34. The molecule has 0 radical (unpaired) electrons. The zero-order chi connectivity index (χ0) is 19.8. The van der Waals surface area contributed by atoms with Gasteiger partial charge in [0, 0.05) is 69.1 Å². The third kappa shape index (κ3) is 3.09. The second kappa shape index (κ2) is 6.99. The molecule has 4 rings (SSSR count). The van der Waals surface area contributed by atoms with Crippen LogP contribution in [0, 0.1) is 0 Å². The number of pyridine rings is 1. The zero-order valence-electron chi connectivity index (χ0n) is 15.9. The average Bonchev–Trinajstić information content (AvgIpc) is 3.20. The maximum absolute atomic E-state index is 12.8. The number of aromatic amines is 1. The van der Waals surface area contributed by atoms with Crippen LogP contribution in [0.3, 0.4) is 0 Å². The number of carbonyl (C=O) groups is 2. The van der Waals surface area contributed by atoms with E-state index in [0.717, 1.165) is 16.5 Å². The molecule has 1 aliphatic heterocycles. The molecule has 7 nitrogen and oxygen atoms in total. The number of rotatable bonds is 2. The minimum Gasteiger partial charge on any atom is -0.357 e. The van der Waals surface area contributed by atoms with Crippen molar-refractivity contribution in [3.05, 3.63) is 58.6 Å². The lowest BCUT2D eigenvalue weighted by atomic mass is 10.0. The summed E-state index contributed by atoms with van der Waals surface area (Å²) in [6.07, 6.45) is 3.57. The van der Waals surface area contributed by atoms with Crippen molar-refractivity contribution < 1.29 is 9.59 Å². The van der Waals surface area contributed by atoms with Crippen LogP contribution in [0.15, 0.2) is 47.5 Å². The Kier molecular flexibility index (Phi) is 4.50. The molecular formula is C21H22N4O3. The number of aryl methyl sites for hydroxylation is 1. The molecule has 7 heteroatoms. The molecule has 144 valence electrons. The van der Waals surface area contributed by atoms with Gasteiger partial charge in [-0.05, 0) is 23.8 Å². The number of nitrogens with zero attached hydrogens (tertiary/aromatic N) is 3. The third-order valence-corrected chi connectivity index (χ3v) is 5.35. The highest BCUT2D eigenvalue weighted by Gasteiger charge is 2.23. The molecule has 0 aliphatic carbocycles. The first kappa shape index (κ1) is 18.0. The number of aromatic nitrogens is 2. The first-order valence-electron chi connectivity index (χ1n) is 9.27. The maximum atomic E-state index is 12.8. The normalized spacial score (nSPS) is 14.5. The molecule has 3 aromatic rings. The summed E-state index contributed by atoms with van der Waals surface area (Å²) in [7, 11) is 1.73. The van der Waals surface area contributed by atoms with Gasteiger partial charge in [-0.2, -0.15) is 0 Å². The van der Waals surface area contributed by atoms with Crippen molar-refractivity contribution in [1.29, 1.82) is 0 Å². The van der Waals surface area contributed by atoms with Gasteiger partial charge in [-0.3, -0.25) is 14.4 Å². The predicted molar refractivity (Wildman–Crippen MR) is 107 cm³/mol. The van der Waals surface area contributed by atoms with Crippen molar-refractivity contribution in [2.75, 3.05) is 26.2 Å². The van der Waals surface area contributed by atoms with Gasteiger partial charge < -0.3 is 19.4 Å². The quantitative estimate of drug-likeness (QED) is 0.739. The van der Waals surface area contributed by atoms with E-state index in [4.69, 9.17) is 0 Å². The van der Waals surface area contributed by atoms with Crippen LogP contribution < -0.4 is 5.56 Å². The summed E-state index contributed by atoms with van der Waals surface area (Å²) < 4.78 is 1.56. The minimum atomic E-state index is -0.0692. The van der Waals surface area contributed by atoms with E-state index in [0.29, 0.717) is 37.3 Å². The second-order valence-corrected chi connectivity index (χ2v) is 7.10. The van der Waals surface area contributed by atoms with Crippen molar-refractivity contribution in [3.8, 4) is 11.1 Å². The molecule has 1 N–H and O–H groups in total. The van der Waals surface area contributed by atoms with E-state index >= 15 is 0 Å². The first-order valence-corrected chi connectivity index (χ1v) is 9.27. The summed E-state index contributed by atoms with van der Waals surface area (Å²) in [5.74, 6) is 0.0202. The van der Waals surface area contributed by atoms with E-state index in [1.54, 1.807) is 34.5 Å². The molecule has 28 heavy (non-hydrogen) atoms. The summed E-state index contributed by atoms with van der Waals surface area (Å²) in [5.41, 5.74) is 3.00. The topological polar surface area (TPSA) is 78.4 Å². The van der Waals surface area contributed by atoms with Crippen LogP contribution in [0.2, 0.25) is 0 Å². The van der Waals surface area contributed by atoms with Gasteiger partial charge in [0.2, 0.25) is 5.91 Å². The lowest BCUT2D eigenvalue weighted by molar-refractivity contribution is -0.130. The number of nitrogens with one attached hydrogen (secondary N) is 1. The van der Waals surface area contributed by atoms with Gasteiger partial charge in [0.15, 0.2) is 0 Å². The van der Waals surface area contributed by atoms with Crippen molar-refractivity contribution in [2.45, 2.75) is 6.92 Å². The van der Waals surface area contributed by atoms with Gasteiger partial charge in [-0.25, -0.2) is 0 Å². The smallest absolute Gasteiger partial charge is 0.274 e. The Labute approximate surface area is 162 Å². The van der Waals surface area contributed by atoms with Gasteiger partial charge in [-0.1, -0.05) is 12.1 Å². The Bertz CT molecular complexity index is 1100. The largest absolute Gasteiger partial charge is 0.357 e. The van der Waals surface area contributed by atoms with E-state index in [-0.39, 0.29) is 17.4 Å². The molecule has 0 atom stereocenters. The Morgan fingerprint density at radius 3 is 2.25 bits per heavy atom. The van der Waals surface area contributed by atoms with Crippen LogP contribution >= 0.6 is 0 Å². The monoisotopic (exact) mass is 378 g/mol. The Morgan fingerprint density at radius 2 is 1.61 bits per heavy atom. The van der Waals surface area contributed by atoms with Gasteiger partial charge in [0.1, 0.15) is 5.52 Å². The SMILES string of the molecule is CC(=O)N1CCN(C(=O)c2ccc(-c3cn(C)c(=O)c4[nH]ccc34)cc2)CC1. The number of fused-ring (bicyclic) bond motifs is 1. The highest BCUT2D eigenvalue weighted by Crippen LogP contribution is 2.26. The van der Waals surface area contributed by atoms with Crippen molar-refractivity contribution in [1.82, 2.24) is 19.4 Å². The van der Waals surface area contributed by atoms with Gasteiger partial charge in [0.05, 0.1) is 0 Å². The second-order valence-electron chi connectivity index (χ2n) is 7.10. The molecule has 0 unspecified atom stereocenters. The van der Waals surface area contributed by atoms with Crippen LogP contribution in [0.25, 0.3) is 22.0 Å². The molecule has 1 fully saturated rings. The summed E-state index contributed by atoms with van der Waals surface area (Å²) in [4.78, 5) is 43.0. The van der Waals surface area contributed by atoms with Gasteiger partial charge in [0.25, 0.3) is 11.5 Å². The van der Waals surface area contributed by atoms with Crippen LogP contribution in [0.1, 0.15) is 17.3 Å². The molecule has 0 saturated carbocycles. The maximum Gasteiger partial charge on any atom is 0.274 e. The number of benzene rings is 1. The number of hydrogen-bond donors (Lipinski definition) is 1. The Hall–Kier alpha value is -3.35. The lowest BCUT2D eigenvalue weighted by Crippen LogP contribution is -2.50. The van der Waals surface area contributed by atoms with E-state index < -0.39 is 0 Å². The van der Waals surface area contributed by atoms with E-state index in [9.17, 15) is 14.4 Å². The van der Waals surface area contributed by atoms with Crippen LogP contribution in [-0.4, -0.2) is 57.3 Å². The number of hydrogen-bond acceptors (Lipinski definition) is 3. The zero-order valence-corrected chi connectivity index (χ0v) is 15.9. The van der Waals surface area contributed by atoms with E-state index in [1.807, 2.05) is 36.5 Å². The molecule has 2 amide bonds. The Balaban J connectivity index is 1.58. The van der Waals surface area contributed by atoms with Crippen molar-refractivity contribution >= 4 is 22.7 Å². The molecule has 3 heterocycles. The van der Waals surface area contributed by atoms with Crippen LogP contribution in [0.4, 0.5) is 0 Å². The van der Waals surface area contributed by atoms with E-state index in [2.05, 4.69) is 4.98 Å². The van der Waals surface area contributed by atoms with Crippen molar-refractivity contribution in [2.24, 2.45) is 7.05 Å². The summed E-state index contributed by atoms with van der Waals surface area (Å²) >= 11 is 0. The number of carbonyl (C=O) groups excluding carboxylic acids is 2. The molecular weight excluding hydrogens is 356 g/mol. The summed E-state index contributed by atoms with van der Waals surface area (Å²) in [6.45, 7) is 3.79. The van der Waals surface area contributed by atoms with Gasteiger partial charge >= 0.3 is 0 Å². The molecule has 1 aromatic carbocycles. The fourth-order valence-electron chi connectivity index (χ4n) is 3.70. The first-order chi connectivity index (χ1) is 13.5. The number of amides is 2. The molecule has 2 aromatic heterocycles. The minimum absolute atomic E-state index is 0.0259. The summed E-state index contributed by atoms with van der Waals surface area (Å²) in [6, 6.07) is 9.34. The van der Waals surface area contributed by atoms with Crippen LogP contribution in [0.5, 0.6) is 0 Å². The molecule has 0 spiro atoms. The standard InChI is InChI=1S/C21H22N4O3/c1-14(26)24-9-11-25(12-10-24)20(27)16-5-3-15(4-6-16)18-13-23(2)21(28)19-17(18)7-8-22-19/h3-8,13,22H,9-12H2,1-2H3. The predicted octanol–water partition coefficient (Wildman–Crippen LogP) is 1.84. The molecule has 0 bridgehead atoms. The molecule has 1 saturated heterocycles. The summed E-state index contributed by atoms with van der Waals surface area (Å²) in [5, 5.41) is 0.863. The highest BCUT2D eigenvalue weighted by molar-refractivity contribution is 5.97. The van der Waals surface area contributed by atoms with E-state index in [1.165, 1.54) is 0 Å². The third-order valence-electron chi connectivity index (χ3n) is 5.35. The average molecular weight is 378 g/mol. The number of piperazine rings is 1.